The average molecular weight is 472 g/mol. The van der Waals surface area contributed by atoms with Crippen molar-refractivity contribution in [3.05, 3.63) is 30.3 Å². The fraction of sp³-hybridized carbons (Fsp3) is 0.600. The average Bonchev–Trinajstić information content (AvgIpc) is 2.84. The van der Waals surface area contributed by atoms with Crippen LogP contribution in [-0.4, -0.2) is 80.4 Å². The van der Waals surface area contributed by atoms with Crippen molar-refractivity contribution in [3.63, 3.8) is 0 Å². The maximum Gasteiger partial charge on any atom is 0.323 e. The topological polar surface area (TPSA) is 108 Å². The van der Waals surface area contributed by atoms with Crippen LogP contribution in [0.2, 0.25) is 0 Å². The summed E-state index contributed by atoms with van der Waals surface area (Å²) in [5.41, 5.74) is 6.94. The number of hydrogen-bond donors (Lipinski definition) is 2. The minimum atomic E-state index is -0.642. The summed E-state index contributed by atoms with van der Waals surface area (Å²) >= 11 is 0. The Bertz CT molecular complexity index is 869. The molecule has 0 amide bonds. The third-order valence-corrected chi connectivity index (χ3v) is 6.16. The fourth-order valence-corrected chi connectivity index (χ4v) is 3.44. The second kappa shape index (κ2) is 12.5. The molecule has 2 unspecified atom stereocenters. The number of benzene rings is 1. The van der Waals surface area contributed by atoms with E-state index < -0.39 is 12.0 Å². The van der Waals surface area contributed by atoms with Crippen molar-refractivity contribution >= 4 is 30.2 Å². The number of carbonyl (C=O) groups is 1. The zero-order valence-corrected chi connectivity index (χ0v) is 21.6. The molecule has 3 N–H and O–H groups in total. The van der Waals surface area contributed by atoms with Gasteiger partial charge in [0.1, 0.15) is 24.5 Å². The van der Waals surface area contributed by atoms with E-state index in [-0.39, 0.29) is 36.8 Å². The van der Waals surface area contributed by atoms with E-state index in [1.165, 1.54) is 0 Å². The van der Waals surface area contributed by atoms with E-state index in [9.17, 15) is 4.79 Å². The third-order valence-electron chi connectivity index (χ3n) is 6.16. The molecule has 0 saturated carbocycles. The molecule has 0 radical (unpaired) electrons. The van der Waals surface area contributed by atoms with Gasteiger partial charge in [0, 0.05) is 25.8 Å². The number of rotatable bonds is 10. The molecule has 0 aliphatic carbocycles. The lowest BCUT2D eigenvalue weighted by atomic mass is 10.1. The monoisotopic (exact) mass is 471 g/mol. The number of amidine groups is 1. The van der Waals surface area contributed by atoms with Crippen molar-refractivity contribution in [2.45, 2.75) is 71.4 Å². The number of hydrogen-bond acceptors (Lipinski definition) is 9. The van der Waals surface area contributed by atoms with Gasteiger partial charge in [0.05, 0.1) is 6.04 Å². The van der Waals surface area contributed by atoms with Crippen LogP contribution in [0, 0.1) is 5.92 Å². The van der Waals surface area contributed by atoms with Crippen LogP contribution in [0.3, 0.4) is 0 Å². The maximum atomic E-state index is 12.2. The number of esters is 1. The molecule has 1 aliphatic heterocycles. The summed E-state index contributed by atoms with van der Waals surface area (Å²) < 4.78 is 5.48. The number of ether oxygens (including phenoxy) is 1. The highest BCUT2D eigenvalue weighted by atomic mass is 16.5. The second-order valence-corrected chi connectivity index (χ2v) is 9.26. The molecule has 4 atom stereocenters. The number of guanidine groups is 1. The molecule has 0 aromatic heterocycles. The van der Waals surface area contributed by atoms with Crippen LogP contribution in [-0.2, 0) is 9.53 Å². The van der Waals surface area contributed by atoms with Crippen LogP contribution < -0.4 is 16.0 Å². The van der Waals surface area contributed by atoms with Crippen molar-refractivity contribution in [3.8, 4) is 0 Å². The lowest BCUT2D eigenvalue weighted by Crippen LogP contribution is -2.54. The Balaban J connectivity index is 2.31. The number of nitrogens with two attached hydrogens (primary N) is 1. The van der Waals surface area contributed by atoms with Crippen LogP contribution in [0.25, 0.3) is 0 Å². The number of carbonyl (C=O) groups excluding carboxylic acids is 1. The normalized spacial score (nSPS) is 19.7. The van der Waals surface area contributed by atoms with Crippen molar-refractivity contribution in [1.82, 2.24) is 10.2 Å². The molecule has 9 nitrogen and oxygen atoms in total. The van der Waals surface area contributed by atoms with Gasteiger partial charge < -0.3 is 25.6 Å². The van der Waals surface area contributed by atoms with E-state index in [4.69, 9.17) is 20.5 Å². The number of nitrogens with zero attached hydrogens (tertiary/aromatic N) is 5. The Labute approximate surface area is 204 Å². The van der Waals surface area contributed by atoms with E-state index in [1.807, 2.05) is 65.2 Å². The third kappa shape index (κ3) is 6.79. The molecule has 0 bridgehead atoms. The SMILES string of the molecule is C=NC1C(N(C)C(C)C)=NC(N[C@H](CC)COC(=O)[C@@H](N)C(C)C)=NC1N(C)c1ccccc1. The van der Waals surface area contributed by atoms with E-state index in [0.29, 0.717) is 5.96 Å². The van der Waals surface area contributed by atoms with Gasteiger partial charge in [0.2, 0.25) is 5.96 Å². The maximum absolute atomic E-state index is 12.2. The Hall–Kier alpha value is -2.94. The number of para-hydroxylation sites is 1. The molecule has 0 saturated heterocycles. The van der Waals surface area contributed by atoms with E-state index in [2.05, 4.69) is 40.7 Å². The number of anilines is 1. The summed E-state index contributed by atoms with van der Waals surface area (Å²) in [6, 6.07) is 9.10. The van der Waals surface area contributed by atoms with Gasteiger partial charge in [-0.15, -0.1) is 0 Å². The second-order valence-electron chi connectivity index (χ2n) is 9.26. The first-order valence-electron chi connectivity index (χ1n) is 11.9. The van der Waals surface area contributed by atoms with Crippen LogP contribution >= 0.6 is 0 Å². The van der Waals surface area contributed by atoms with E-state index in [0.717, 1.165) is 17.9 Å². The first-order chi connectivity index (χ1) is 16.1. The summed E-state index contributed by atoms with van der Waals surface area (Å²) in [6.45, 7) is 14.0. The molecule has 0 fully saturated rings. The Morgan fingerprint density at radius 2 is 1.88 bits per heavy atom. The van der Waals surface area contributed by atoms with Crippen molar-refractivity contribution in [2.24, 2.45) is 26.6 Å². The molecular weight excluding hydrogens is 430 g/mol. The summed E-state index contributed by atoms with van der Waals surface area (Å²) in [4.78, 5) is 30.5. The van der Waals surface area contributed by atoms with Crippen LogP contribution in [0.15, 0.2) is 45.3 Å². The predicted molar refractivity (Wildman–Crippen MR) is 141 cm³/mol. The molecule has 1 aromatic carbocycles. The Morgan fingerprint density at radius 3 is 2.41 bits per heavy atom. The summed E-state index contributed by atoms with van der Waals surface area (Å²) in [7, 11) is 3.99. The molecule has 1 aliphatic rings. The minimum Gasteiger partial charge on any atom is -0.462 e. The fourth-order valence-electron chi connectivity index (χ4n) is 3.44. The van der Waals surface area contributed by atoms with Crippen molar-refractivity contribution in [1.29, 1.82) is 0 Å². The minimum absolute atomic E-state index is 0.0135. The summed E-state index contributed by atoms with van der Waals surface area (Å²) in [5, 5.41) is 3.36. The quantitative estimate of drug-likeness (QED) is 0.401. The summed E-state index contributed by atoms with van der Waals surface area (Å²) in [5.74, 6) is 0.872. The van der Waals surface area contributed by atoms with Gasteiger partial charge in [-0.05, 0) is 45.0 Å². The highest BCUT2D eigenvalue weighted by molar-refractivity contribution is 6.02. The highest BCUT2D eigenvalue weighted by Crippen LogP contribution is 2.23. The van der Waals surface area contributed by atoms with Crippen molar-refractivity contribution in [2.75, 3.05) is 25.6 Å². The number of likely N-dealkylation sites (N-methyl/N-ethyl adjacent to an activating group) is 2. The van der Waals surface area contributed by atoms with Gasteiger partial charge in [-0.2, -0.15) is 4.99 Å². The predicted octanol–water partition coefficient (Wildman–Crippen LogP) is 2.52. The first kappa shape index (κ1) is 27.3. The van der Waals surface area contributed by atoms with Crippen LogP contribution in [0.5, 0.6) is 0 Å². The van der Waals surface area contributed by atoms with Gasteiger partial charge in [-0.1, -0.05) is 39.0 Å². The molecule has 1 heterocycles. The van der Waals surface area contributed by atoms with E-state index >= 15 is 0 Å². The molecule has 34 heavy (non-hydrogen) atoms. The first-order valence-corrected chi connectivity index (χ1v) is 11.9. The molecule has 2 rings (SSSR count). The lowest BCUT2D eigenvalue weighted by molar-refractivity contribution is -0.146. The molecule has 1 aromatic rings. The molecular formula is C25H41N7O2. The number of aliphatic imine (C=N–C) groups is 3. The van der Waals surface area contributed by atoms with Crippen LogP contribution in [0.4, 0.5) is 5.69 Å². The standard InChI is InChI=1S/C25H41N7O2/c1-9-18(15-34-24(33)20(26)16(2)3)28-25-29-22(31(7)17(4)5)21(27-6)23(30-25)32(8)19-13-11-10-12-14-19/h10-14,16-18,20-21,23H,6,9,15,26H2,1-5,7-8H3,(H,28,30)/t18-,20+,21?,23?/m1/s1. The zero-order chi connectivity index (χ0) is 25.4. The summed E-state index contributed by atoms with van der Waals surface area (Å²) in [6.07, 6.45) is 0.377. The zero-order valence-electron chi connectivity index (χ0n) is 21.6. The molecule has 188 valence electrons. The Kier molecular flexibility index (Phi) is 10.0. The smallest absolute Gasteiger partial charge is 0.323 e. The Morgan fingerprint density at radius 1 is 1.24 bits per heavy atom. The largest absolute Gasteiger partial charge is 0.462 e. The van der Waals surface area contributed by atoms with Gasteiger partial charge in [-0.25, -0.2) is 4.99 Å². The highest BCUT2D eigenvalue weighted by Gasteiger charge is 2.36. The van der Waals surface area contributed by atoms with Gasteiger partial charge in [-0.3, -0.25) is 9.79 Å². The van der Waals surface area contributed by atoms with Gasteiger partial charge in [0.15, 0.2) is 6.17 Å². The lowest BCUT2D eigenvalue weighted by Gasteiger charge is -2.38. The number of nitrogens with one attached hydrogen (secondary N) is 1. The van der Waals surface area contributed by atoms with Gasteiger partial charge >= 0.3 is 5.97 Å². The van der Waals surface area contributed by atoms with Crippen LogP contribution in [0.1, 0.15) is 41.0 Å². The molecule has 9 heteroatoms. The van der Waals surface area contributed by atoms with Crippen molar-refractivity contribution < 1.29 is 9.53 Å². The molecule has 0 spiro atoms. The van der Waals surface area contributed by atoms with E-state index in [1.54, 1.807) is 0 Å². The van der Waals surface area contributed by atoms with Gasteiger partial charge in [0.25, 0.3) is 0 Å².